The highest BCUT2D eigenvalue weighted by Gasteiger charge is 2.28. The van der Waals surface area contributed by atoms with Gasteiger partial charge in [0, 0.05) is 25.5 Å². The van der Waals surface area contributed by atoms with Crippen LogP contribution in [0.1, 0.15) is 23.0 Å². The Labute approximate surface area is 186 Å². The van der Waals surface area contributed by atoms with Crippen LogP contribution in [0.5, 0.6) is 5.19 Å². The molecule has 31 heavy (non-hydrogen) atoms. The molecule has 1 aliphatic rings. The molecule has 0 unspecified atom stereocenters. The molecule has 0 aromatic carbocycles. The van der Waals surface area contributed by atoms with Gasteiger partial charge in [-0.25, -0.2) is 0 Å². The Morgan fingerprint density at radius 3 is 3.03 bits per heavy atom. The number of rotatable bonds is 6. The molecule has 2 amide bonds. The van der Waals surface area contributed by atoms with Gasteiger partial charge in [0.25, 0.3) is 11.1 Å². The normalized spacial score (nSPS) is 16.0. The number of aromatic nitrogens is 4. The van der Waals surface area contributed by atoms with E-state index in [2.05, 4.69) is 30.8 Å². The lowest BCUT2D eigenvalue weighted by molar-refractivity contribution is -0.122. The Kier molecular flexibility index (Phi) is 6.23. The van der Waals surface area contributed by atoms with Crippen LogP contribution in [0.4, 0.5) is 10.8 Å². The summed E-state index contributed by atoms with van der Waals surface area (Å²) in [6.07, 6.45) is 4.64. The van der Waals surface area contributed by atoms with E-state index in [0.717, 1.165) is 11.3 Å². The van der Waals surface area contributed by atoms with Crippen molar-refractivity contribution in [3.05, 3.63) is 53.1 Å². The first-order valence-electron chi connectivity index (χ1n) is 9.37. The van der Waals surface area contributed by atoms with Crippen LogP contribution >= 0.6 is 22.9 Å². The lowest BCUT2D eigenvalue weighted by Crippen LogP contribution is -2.54. The van der Waals surface area contributed by atoms with Crippen molar-refractivity contribution in [1.82, 2.24) is 25.5 Å². The van der Waals surface area contributed by atoms with Crippen LogP contribution in [0.25, 0.3) is 0 Å². The quantitative estimate of drug-likeness (QED) is 0.574. The van der Waals surface area contributed by atoms with E-state index in [1.807, 2.05) is 4.90 Å². The number of nitrogens with zero attached hydrogens (tertiary/aromatic N) is 5. The van der Waals surface area contributed by atoms with Crippen molar-refractivity contribution in [1.29, 1.82) is 0 Å². The number of carbonyl (C=O) groups is 2. The largest absolute Gasteiger partial charge is 0.462 e. The summed E-state index contributed by atoms with van der Waals surface area (Å²) in [6, 6.07) is 4.67. The van der Waals surface area contributed by atoms with E-state index in [-0.39, 0.29) is 23.6 Å². The van der Waals surface area contributed by atoms with E-state index in [4.69, 9.17) is 16.3 Å². The maximum atomic E-state index is 12.9. The summed E-state index contributed by atoms with van der Waals surface area (Å²) < 4.78 is 5.57. The molecule has 0 aliphatic carbocycles. The number of carbonyl (C=O) groups excluding carboxylic acids is 2. The first-order valence-corrected chi connectivity index (χ1v) is 10.6. The third-order valence-corrected chi connectivity index (χ3v) is 5.59. The van der Waals surface area contributed by atoms with Gasteiger partial charge in [0.1, 0.15) is 12.6 Å². The van der Waals surface area contributed by atoms with Gasteiger partial charge in [0.05, 0.1) is 28.2 Å². The molecule has 1 fully saturated rings. The summed E-state index contributed by atoms with van der Waals surface area (Å²) in [5, 5.41) is 14.5. The predicted molar refractivity (Wildman–Crippen MR) is 115 cm³/mol. The van der Waals surface area contributed by atoms with Crippen molar-refractivity contribution in [2.45, 2.75) is 19.6 Å². The first kappa shape index (κ1) is 20.9. The molecule has 2 N–H and O–H groups in total. The van der Waals surface area contributed by atoms with Gasteiger partial charge < -0.3 is 15.0 Å². The second kappa shape index (κ2) is 9.23. The highest BCUT2D eigenvalue weighted by atomic mass is 35.5. The van der Waals surface area contributed by atoms with Crippen molar-refractivity contribution in [2.24, 2.45) is 0 Å². The third kappa shape index (κ3) is 4.89. The highest BCUT2D eigenvalue weighted by Crippen LogP contribution is 2.27. The molecule has 0 bridgehead atoms. The summed E-state index contributed by atoms with van der Waals surface area (Å²) in [6.45, 7) is 3.06. The molecule has 1 saturated heterocycles. The van der Waals surface area contributed by atoms with E-state index in [1.54, 1.807) is 31.3 Å². The molecular formula is C19H18ClN7O3S. The number of amides is 2. The molecule has 160 valence electrons. The van der Waals surface area contributed by atoms with Gasteiger partial charge in [-0.3, -0.25) is 24.9 Å². The Bertz CT molecular complexity index is 1090. The standard InChI is InChI=1S/C19H18ClN7O3S/c1-11-16(28)22-6-7-27(11)15-9-21-5-4-14(15)17(29)24-18-25-26-19(31-18)30-10-13-3-2-12(20)8-23-13/h2-5,8-9,11H,6-7,10H2,1H3,(H,22,28)(H,24,25,29)/t11-/m1/s1. The Hall–Kier alpha value is -3.31. The minimum absolute atomic E-state index is 0.0949. The number of ether oxygens (including phenoxy) is 1. The smallest absolute Gasteiger partial charge is 0.296 e. The molecule has 1 aliphatic heterocycles. The van der Waals surface area contributed by atoms with E-state index >= 15 is 0 Å². The summed E-state index contributed by atoms with van der Waals surface area (Å²) in [7, 11) is 0. The summed E-state index contributed by atoms with van der Waals surface area (Å²) in [4.78, 5) is 35.0. The fraction of sp³-hybridized carbons (Fsp3) is 0.263. The zero-order chi connectivity index (χ0) is 21.8. The van der Waals surface area contributed by atoms with Gasteiger partial charge in [-0.15, -0.1) is 5.10 Å². The second-order valence-electron chi connectivity index (χ2n) is 6.64. The van der Waals surface area contributed by atoms with Crippen LogP contribution in [0, 0.1) is 0 Å². The van der Waals surface area contributed by atoms with Crippen LogP contribution in [-0.2, 0) is 11.4 Å². The molecule has 4 rings (SSSR count). The number of halogens is 1. The lowest BCUT2D eigenvalue weighted by atomic mass is 10.1. The summed E-state index contributed by atoms with van der Waals surface area (Å²) in [5.74, 6) is -0.472. The minimum Gasteiger partial charge on any atom is -0.462 e. The van der Waals surface area contributed by atoms with Gasteiger partial charge >= 0.3 is 0 Å². The van der Waals surface area contributed by atoms with Gasteiger partial charge in [-0.2, -0.15) is 0 Å². The SMILES string of the molecule is C[C@@H]1C(=O)NCCN1c1cnccc1C(=O)Nc1nnc(OCc2ccc(Cl)cn2)s1. The zero-order valence-corrected chi connectivity index (χ0v) is 18.0. The van der Waals surface area contributed by atoms with E-state index < -0.39 is 6.04 Å². The topological polar surface area (TPSA) is 122 Å². The third-order valence-electron chi connectivity index (χ3n) is 4.61. The molecule has 1 atom stereocenters. The van der Waals surface area contributed by atoms with Crippen molar-refractivity contribution < 1.29 is 14.3 Å². The fourth-order valence-corrected chi connectivity index (χ4v) is 3.73. The van der Waals surface area contributed by atoms with Gasteiger partial charge in [0.15, 0.2) is 0 Å². The zero-order valence-electron chi connectivity index (χ0n) is 16.4. The van der Waals surface area contributed by atoms with Crippen molar-refractivity contribution in [3.8, 4) is 5.19 Å². The molecule has 3 aromatic rings. The Balaban J connectivity index is 1.43. The molecule has 0 radical (unpaired) electrons. The molecule has 0 spiro atoms. The van der Waals surface area contributed by atoms with Crippen LogP contribution < -0.4 is 20.3 Å². The number of hydrogen-bond donors (Lipinski definition) is 2. The summed E-state index contributed by atoms with van der Waals surface area (Å²) >= 11 is 6.91. The molecule has 10 nitrogen and oxygen atoms in total. The van der Waals surface area contributed by atoms with Gasteiger partial charge in [-0.05, 0) is 36.5 Å². The molecule has 0 saturated carbocycles. The molecular weight excluding hydrogens is 442 g/mol. The van der Waals surface area contributed by atoms with E-state index in [9.17, 15) is 9.59 Å². The van der Waals surface area contributed by atoms with Crippen LogP contribution in [0.2, 0.25) is 5.02 Å². The second-order valence-corrected chi connectivity index (χ2v) is 8.01. The fourth-order valence-electron chi connectivity index (χ4n) is 3.03. The Morgan fingerprint density at radius 1 is 1.35 bits per heavy atom. The average molecular weight is 460 g/mol. The van der Waals surface area contributed by atoms with Gasteiger partial charge in [0.2, 0.25) is 11.0 Å². The molecule has 4 heterocycles. The number of nitrogens with one attached hydrogen (secondary N) is 2. The van der Waals surface area contributed by atoms with E-state index in [1.165, 1.54) is 12.4 Å². The van der Waals surface area contributed by atoms with E-state index in [0.29, 0.717) is 40.3 Å². The van der Waals surface area contributed by atoms with Crippen LogP contribution in [-0.4, -0.2) is 51.1 Å². The summed E-state index contributed by atoms with van der Waals surface area (Å²) in [5.41, 5.74) is 1.66. The maximum absolute atomic E-state index is 12.9. The number of pyridine rings is 2. The Morgan fingerprint density at radius 2 is 2.23 bits per heavy atom. The highest BCUT2D eigenvalue weighted by molar-refractivity contribution is 7.17. The van der Waals surface area contributed by atoms with Crippen LogP contribution in [0.3, 0.4) is 0 Å². The lowest BCUT2D eigenvalue weighted by Gasteiger charge is -2.35. The molecule has 3 aromatic heterocycles. The van der Waals surface area contributed by atoms with Crippen LogP contribution in [0.15, 0.2) is 36.8 Å². The maximum Gasteiger partial charge on any atom is 0.296 e. The average Bonchev–Trinajstić information content (AvgIpc) is 3.22. The van der Waals surface area contributed by atoms with Crippen molar-refractivity contribution in [3.63, 3.8) is 0 Å². The van der Waals surface area contributed by atoms with Crippen molar-refractivity contribution >= 4 is 45.6 Å². The van der Waals surface area contributed by atoms with Crippen molar-refractivity contribution in [2.75, 3.05) is 23.3 Å². The minimum atomic E-state index is -0.410. The first-order chi connectivity index (χ1) is 15.0. The number of piperazine rings is 1. The number of hydrogen-bond acceptors (Lipinski definition) is 9. The monoisotopic (exact) mass is 459 g/mol. The number of anilines is 2. The molecule has 12 heteroatoms. The predicted octanol–water partition coefficient (Wildman–Crippen LogP) is 2.14. The van der Waals surface area contributed by atoms with Gasteiger partial charge in [-0.1, -0.05) is 16.7 Å².